The Balaban J connectivity index is 0. The summed E-state index contributed by atoms with van der Waals surface area (Å²) < 4.78 is 0. The first-order valence-electron chi connectivity index (χ1n) is 19.8. The number of carbonyl (C=O) groups is 2. The highest BCUT2D eigenvalue weighted by atomic mass is 16.1. The average molecular weight is 621 g/mol. The summed E-state index contributed by atoms with van der Waals surface area (Å²) in [4.78, 5) is 22.2. The Morgan fingerprint density at radius 2 is 0.750 bits per heavy atom. The summed E-state index contributed by atoms with van der Waals surface area (Å²) in [7, 11) is 0. The smallest absolute Gasteiger partial charge is 0.219 e. The van der Waals surface area contributed by atoms with E-state index in [-0.39, 0.29) is 11.8 Å². The van der Waals surface area contributed by atoms with Gasteiger partial charge in [0.1, 0.15) is 0 Å². The lowest BCUT2D eigenvalue weighted by molar-refractivity contribution is -0.121. The summed E-state index contributed by atoms with van der Waals surface area (Å²) in [6, 6.07) is 0. The van der Waals surface area contributed by atoms with Gasteiger partial charge in [0.25, 0.3) is 0 Å². The van der Waals surface area contributed by atoms with Crippen LogP contribution in [0.5, 0.6) is 0 Å². The van der Waals surface area contributed by atoms with Gasteiger partial charge in [-0.1, -0.05) is 181 Å². The van der Waals surface area contributed by atoms with Crippen LogP contribution in [0.1, 0.15) is 226 Å². The molecule has 262 valence electrons. The highest BCUT2D eigenvalue weighted by Gasteiger charge is 2.00. The summed E-state index contributed by atoms with van der Waals surface area (Å²) in [6.45, 7) is 7.62. The third kappa shape index (κ3) is 45.1. The Bertz CT molecular complexity index is 590. The van der Waals surface area contributed by atoms with Crippen molar-refractivity contribution in [2.75, 3.05) is 6.54 Å². The van der Waals surface area contributed by atoms with Gasteiger partial charge >= 0.3 is 0 Å². The molecule has 0 atom stereocenters. The van der Waals surface area contributed by atoms with Crippen molar-refractivity contribution >= 4 is 11.8 Å². The number of hydrogen-bond acceptors (Lipinski definition) is 2. The van der Waals surface area contributed by atoms with Gasteiger partial charge in [-0.05, 0) is 44.9 Å². The summed E-state index contributed by atoms with van der Waals surface area (Å²) in [5.74, 6) is 0.0946. The molecule has 0 aliphatic rings. The van der Waals surface area contributed by atoms with Crippen molar-refractivity contribution in [3.8, 4) is 0 Å². The van der Waals surface area contributed by atoms with E-state index in [2.05, 4.69) is 38.2 Å². The van der Waals surface area contributed by atoms with Gasteiger partial charge in [0, 0.05) is 19.4 Å². The van der Waals surface area contributed by atoms with E-state index in [9.17, 15) is 9.59 Å². The predicted molar refractivity (Wildman–Crippen MR) is 196 cm³/mol. The lowest BCUT2D eigenvalue weighted by Gasteiger charge is -2.05. The quantitative estimate of drug-likeness (QED) is 0.0555. The first-order valence-corrected chi connectivity index (χ1v) is 19.8. The van der Waals surface area contributed by atoms with Gasteiger partial charge in [-0.15, -0.1) is 0 Å². The minimum absolute atomic E-state index is 0.155. The van der Waals surface area contributed by atoms with Crippen LogP contribution in [0.2, 0.25) is 0 Å². The minimum atomic E-state index is -0.155. The topological polar surface area (TPSA) is 72.2 Å². The molecule has 4 nitrogen and oxygen atoms in total. The molecule has 3 N–H and O–H groups in total. The van der Waals surface area contributed by atoms with E-state index in [1.165, 1.54) is 173 Å². The Hall–Kier alpha value is -1.32. The number of amides is 2. The first-order chi connectivity index (χ1) is 21.6. The van der Waals surface area contributed by atoms with E-state index >= 15 is 0 Å². The third-order valence-corrected chi connectivity index (χ3v) is 8.54. The zero-order valence-electron chi connectivity index (χ0n) is 30.4. The molecule has 0 aromatic carbocycles. The van der Waals surface area contributed by atoms with Crippen LogP contribution < -0.4 is 11.1 Å². The number of rotatable bonds is 34. The molecule has 0 aromatic rings. The molecule has 0 rings (SSSR count). The summed E-state index contributed by atoms with van der Waals surface area (Å²) in [6.07, 6.45) is 45.3. The van der Waals surface area contributed by atoms with Crippen LogP contribution in [0.3, 0.4) is 0 Å². The molecule has 0 saturated heterocycles. The Morgan fingerprint density at radius 1 is 0.432 bits per heavy atom. The van der Waals surface area contributed by atoms with Gasteiger partial charge in [-0.2, -0.15) is 0 Å². The van der Waals surface area contributed by atoms with Crippen molar-refractivity contribution < 1.29 is 9.59 Å². The van der Waals surface area contributed by atoms with Gasteiger partial charge in [0.15, 0.2) is 0 Å². The number of unbranched alkanes of at least 4 members (excludes halogenated alkanes) is 26. The van der Waals surface area contributed by atoms with Crippen LogP contribution in [0.15, 0.2) is 12.2 Å². The van der Waals surface area contributed by atoms with E-state index in [0.29, 0.717) is 12.8 Å². The fourth-order valence-corrected chi connectivity index (χ4v) is 5.54. The van der Waals surface area contributed by atoms with E-state index in [4.69, 9.17) is 5.73 Å². The molecule has 0 aromatic heterocycles. The van der Waals surface area contributed by atoms with Gasteiger partial charge in [0.05, 0.1) is 0 Å². The summed E-state index contributed by atoms with van der Waals surface area (Å²) >= 11 is 0. The molecule has 0 fully saturated rings. The van der Waals surface area contributed by atoms with Crippen molar-refractivity contribution in [1.29, 1.82) is 0 Å². The van der Waals surface area contributed by atoms with Gasteiger partial charge < -0.3 is 11.1 Å². The molecule has 0 heterocycles. The highest BCUT2D eigenvalue weighted by molar-refractivity contribution is 5.75. The minimum Gasteiger partial charge on any atom is -0.370 e. The maximum atomic E-state index is 11.7. The van der Waals surface area contributed by atoms with Crippen molar-refractivity contribution in [3.63, 3.8) is 0 Å². The second kappa shape index (κ2) is 41.7. The first kappa shape index (κ1) is 44.8. The van der Waals surface area contributed by atoms with Crippen LogP contribution in [-0.4, -0.2) is 18.4 Å². The predicted octanol–water partition coefficient (Wildman–Crippen LogP) is 12.7. The number of nitrogens with two attached hydrogens (primary N) is 1. The lowest BCUT2D eigenvalue weighted by atomic mass is 10.0. The molecular weight excluding hydrogens is 540 g/mol. The second-order valence-electron chi connectivity index (χ2n) is 13.2. The zero-order valence-corrected chi connectivity index (χ0v) is 30.4. The molecule has 0 saturated carbocycles. The number of carbonyl (C=O) groups excluding carboxylic acids is 2. The molecule has 0 unspecified atom stereocenters. The van der Waals surface area contributed by atoms with Gasteiger partial charge in [-0.25, -0.2) is 0 Å². The van der Waals surface area contributed by atoms with Crippen molar-refractivity contribution in [2.24, 2.45) is 5.73 Å². The molecule has 4 heteroatoms. The van der Waals surface area contributed by atoms with Gasteiger partial charge in [0.2, 0.25) is 11.8 Å². The molecule has 0 bridgehead atoms. The van der Waals surface area contributed by atoms with Crippen molar-refractivity contribution in [1.82, 2.24) is 5.32 Å². The molecule has 44 heavy (non-hydrogen) atoms. The molecule has 0 radical (unpaired) electrons. The molecule has 0 spiro atoms. The highest BCUT2D eigenvalue weighted by Crippen LogP contribution is 2.13. The van der Waals surface area contributed by atoms with Crippen LogP contribution in [0, 0.1) is 0 Å². The number of primary amides is 1. The second-order valence-corrected chi connectivity index (χ2v) is 13.2. The van der Waals surface area contributed by atoms with E-state index < -0.39 is 0 Å². The average Bonchev–Trinajstić information content (AvgIpc) is 3.01. The maximum Gasteiger partial charge on any atom is 0.219 e. The molecule has 0 aliphatic carbocycles. The fraction of sp³-hybridized carbons (Fsp3) is 0.900. The zero-order chi connectivity index (χ0) is 32.6. The number of hydrogen-bond donors (Lipinski definition) is 2. The standard InChI is InChI=1S/C24H47NO.C16H33NO/c1-3-5-7-9-10-11-12-13-14-15-16-17-18-19-20-22-24(26)25-23-21-8-6-4-2;1-2-3-4-5-6-7-8-9-10-11-12-13-14-15-16(17)18/h13-14H,3-12,15-23H2,1-2H3,(H,25,26);2-15H2,1H3,(H2,17,18)/b14-13-;. The van der Waals surface area contributed by atoms with Crippen LogP contribution in [0.25, 0.3) is 0 Å². The fourth-order valence-electron chi connectivity index (χ4n) is 5.54. The monoisotopic (exact) mass is 621 g/mol. The number of nitrogens with one attached hydrogen (secondary N) is 1. The van der Waals surface area contributed by atoms with E-state index in [1.54, 1.807) is 0 Å². The van der Waals surface area contributed by atoms with Crippen LogP contribution in [-0.2, 0) is 9.59 Å². The largest absolute Gasteiger partial charge is 0.370 e. The van der Waals surface area contributed by atoms with Crippen LogP contribution >= 0.6 is 0 Å². The number of allylic oxidation sites excluding steroid dienone is 2. The van der Waals surface area contributed by atoms with E-state index in [1.807, 2.05) is 0 Å². The SMILES string of the molecule is CCCCCCCC/C=C\CCCCCCCC(=O)NCCCCCC.CCCCCCCCCCCCCCCC(N)=O. The van der Waals surface area contributed by atoms with Gasteiger partial charge in [-0.3, -0.25) is 9.59 Å². The summed E-state index contributed by atoms with van der Waals surface area (Å²) in [5.41, 5.74) is 5.09. The maximum absolute atomic E-state index is 11.7. The lowest BCUT2D eigenvalue weighted by Crippen LogP contribution is -2.23. The summed E-state index contributed by atoms with van der Waals surface area (Å²) in [5, 5.41) is 3.04. The van der Waals surface area contributed by atoms with Crippen molar-refractivity contribution in [3.05, 3.63) is 12.2 Å². The Morgan fingerprint density at radius 3 is 1.14 bits per heavy atom. The Labute approximate surface area is 277 Å². The van der Waals surface area contributed by atoms with Crippen LogP contribution in [0.4, 0.5) is 0 Å². The normalized spacial score (nSPS) is 11.1. The van der Waals surface area contributed by atoms with E-state index in [0.717, 1.165) is 25.8 Å². The molecule has 0 aliphatic heterocycles. The van der Waals surface area contributed by atoms with Crippen molar-refractivity contribution in [2.45, 2.75) is 226 Å². The third-order valence-electron chi connectivity index (χ3n) is 8.54. The molecule has 2 amide bonds. The molecular formula is C40H80N2O2. The Kier molecular flexibility index (Phi) is 42.4.